The van der Waals surface area contributed by atoms with E-state index < -0.39 is 0 Å². The van der Waals surface area contributed by atoms with Crippen molar-refractivity contribution in [2.24, 2.45) is 0 Å². The van der Waals surface area contributed by atoms with Crippen LogP contribution in [0, 0.1) is 6.92 Å². The van der Waals surface area contributed by atoms with E-state index in [2.05, 4.69) is 13.8 Å². The van der Waals surface area contributed by atoms with Gasteiger partial charge in [-0.05, 0) is 37.5 Å². The van der Waals surface area contributed by atoms with E-state index in [0.717, 1.165) is 37.5 Å². The highest BCUT2D eigenvalue weighted by Crippen LogP contribution is 2.27. The first kappa shape index (κ1) is 15.0. The van der Waals surface area contributed by atoms with Crippen LogP contribution >= 0.6 is 11.6 Å². The third kappa shape index (κ3) is 4.02. The van der Waals surface area contributed by atoms with Crippen LogP contribution in [0.15, 0.2) is 12.1 Å². The van der Waals surface area contributed by atoms with Crippen LogP contribution < -0.4 is 4.74 Å². The molecule has 0 heterocycles. The topological polar surface area (TPSA) is 26.3 Å². The van der Waals surface area contributed by atoms with Gasteiger partial charge in [0.15, 0.2) is 6.29 Å². The standard InChI is InChI=1S/C15H21ClO2/c1-4-6-13(7-5-2)18-15-8-11(3)14(16)9-12(15)10-17/h8-10,13H,4-7H2,1-3H3. The van der Waals surface area contributed by atoms with Gasteiger partial charge >= 0.3 is 0 Å². The van der Waals surface area contributed by atoms with Gasteiger partial charge < -0.3 is 4.74 Å². The molecule has 1 aromatic rings. The molecule has 100 valence electrons. The van der Waals surface area contributed by atoms with Gasteiger partial charge in [0, 0.05) is 5.02 Å². The van der Waals surface area contributed by atoms with Crippen molar-refractivity contribution in [2.75, 3.05) is 0 Å². The van der Waals surface area contributed by atoms with Crippen LogP contribution in [-0.4, -0.2) is 12.4 Å². The number of hydrogen-bond acceptors (Lipinski definition) is 2. The third-order valence-corrected chi connectivity index (χ3v) is 3.34. The Kier molecular flexibility index (Phi) is 6.20. The Morgan fingerprint density at radius 1 is 1.28 bits per heavy atom. The van der Waals surface area contributed by atoms with E-state index in [1.165, 1.54) is 0 Å². The maximum atomic E-state index is 11.0. The Labute approximate surface area is 114 Å². The van der Waals surface area contributed by atoms with Gasteiger partial charge in [0.05, 0.1) is 11.7 Å². The Hall–Kier alpha value is -1.02. The van der Waals surface area contributed by atoms with E-state index >= 15 is 0 Å². The van der Waals surface area contributed by atoms with Crippen molar-refractivity contribution < 1.29 is 9.53 Å². The van der Waals surface area contributed by atoms with Crippen molar-refractivity contribution in [1.29, 1.82) is 0 Å². The lowest BCUT2D eigenvalue weighted by Crippen LogP contribution is -2.16. The lowest BCUT2D eigenvalue weighted by Gasteiger charge is -2.19. The fraction of sp³-hybridized carbons (Fsp3) is 0.533. The molecule has 0 radical (unpaired) electrons. The predicted octanol–water partition coefficient (Wildman–Crippen LogP) is 4.81. The van der Waals surface area contributed by atoms with Crippen LogP contribution in [0.25, 0.3) is 0 Å². The lowest BCUT2D eigenvalue weighted by molar-refractivity contribution is 0.111. The van der Waals surface area contributed by atoms with Gasteiger partial charge in [-0.2, -0.15) is 0 Å². The van der Waals surface area contributed by atoms with Crippen molar-refractivity contribution in [2.45, 2.75) is 52.6 Å². The second-order valence-electron chi connectivity index (χ2n) is 4.57. The molecular weight excluding hydrogens is 248 g/mol. The average molecular weight is 269 g/mol. The number of aryl methyl sites for hydroxylation is 1. The predicted molar refractivity (Wildman–Crippen MR) is 75.8 cm³/mol. The molecule has 0 N–H and O–H groups in total. The molecule has 0 amide bonds. The fourth-order valence-electron chi connectivity index (χ4n) is 1.95. The number of ether oxygens (including phenoxy) is 1. The zero-order chi connectivity index (χ0) is 13.5. The summed E-state index contributed by atoms with van der Waals surface area (Å²) in [5.74, 6) is 0.652. The molecule has 0 aromatic heterocycles. The molecular formula is C15H21ClO2. The summed E-state index contributed by atoms with van der Waals surface area (Å²) in [5.41, 5.74) is 1.46. The Bertz CT molecular complexity index is 396. The third-order valence-electron chi connectivity index (χ3n) is 2.93. The summed E-state index contributed by atoms with van der Waals surface area (Å²) < 4.78 is 5.96. The van der Waals surface area contributed by atoms with E-state index in [1.807, 2.05) is 13.0 Å². The van der Waals surface area contributed by atoms with E-state index in [4.69, 9.17) is 16.3 Å². The second-order valence-corrected chi connectivity index (χ2v) is 4.98. The minimum atomic E-state index is 0.180. The molecule has 0 aliphatic carbocycles. The van der Waals surface area contributed by atoms with Gasteiger partial charge in [-0.15, -0.1) is 0 Å². The van der Waals surface area contributed by atoms with Crippen LogP contribution in [0.3, 0.4) is 0 Å². The zero-order valence-corrected chi connectivity index (χ0v) is 12.1. The van der Waals surface area contributed by atoms with Gasteiger partial charge in [-0.25, -0.2) is 0 Å². The molecule has 1 aromatic carbocycles. The molecule has 0 saturated carbocycles. The SMILES string of the molecule is CCCC(CCC)Oc1cc(C)c(Cl)cc1C=O. The summed E-state index contributed by atoms with van der Waals surface area (Å²) in [6, 6.07) is 3.53. The smallest absolute Gasteiger partial charge is 0.153 e. The van der Waals surface area contributed by atoms with Crippen LogP contribution in [0.5, 0.6) is 5.75 Å². The highest BCUT2D eigenvalue weighted by atomic mass is 35.5. The van der Waals surface area contributed by atoms with Crippen LogP contribution in [0.2, 0.25) is 5.02 Å². The average Bonchev–Trinajstić information content (AvgIpc) is 2.34. The molecule has 0 saturated heterocycles. The maximum absolute atomic E-state index is 11.0. The number of halogens is 1. The molecule has 0 fully saturated rings. The number of carbonyl (C=O) groups excluding carboxylic acids is 1. The molecule has 0 spiro atoms. The summed E-state index contributed by atoms with van der Waals surface area (Å²) >= 11 is 6.01. The van der Waals surface area contributed by atoms with Gasteiger partial charge in [0.1, 0.15) is 5.75 Å². The molecule has 2 nitrogen and oxygen atoms in total. The molecule has 18 heavy (non-hydrogen) atoms. The molecule has 1 rings (SSSR count). The van der Waals surface area contributed by atoms with Crippen LogP contribution in [-0.2, 0) is 0 Å². The number of hydrogen-bond donors (Lipinski definition) is 0. The maximum Gasteiger partial charge on any atom is 0.153 e. The zero-order valence-electron chi connectivity index (χ0n) is 11.3. The largest absolute Gasteiger partial charge is 0.490 e. The van der Waals surface area contributed by atoms with Crippen molar-refractivity contribution in [3.05, 3.63) is 28.3 Å². The Balaban J connectivity index is 2.93. The van der Waals surface area contributed by atoms with Gasteiger partial charge in [-0.3, -0.25) is 4.79 Å². The highest BCUT2D eigenvalue weighted by molar-refractivity contribution is 6.31. The minimum absolute atomic E-state index is 0.180. The van der Waals surface area contributed by atoms with Crippen molar-refractivity contribution in [1.82, 2.24) is 0 Å². The fourth-order valence-corrected chi connectivity index (χ4v) is 2.12. The minimum Gasteiger partial charge on any atom is -0.490 e. The molecule has 0 aliphatic heterocycles. The van der Waals surface area contributed by atoms with E-state index in [-0.39, 0.29) is 6.10 Å². The number of rotatable bonds is 7. The quantitative estimate of drug-likeness (QED) is 0.664. The Morgan fingerprint density at radius 2 is 1.89 bits per heavy atom. The monoisotopic (exact) mass is 268 g/mol. The summed E-state index contributed by atoms with van der Waals surface area (Å²) in [5, 5.41) is 0.604. The second kappa shape index (κ2) is 7.42. The van der Waals surface area contributed by atoms with Crippen LogP contribution in [0.4, 0.5) is 0 Å². The summed E-state index contributed by atoms with van der Waals surface area (Å²) in [6.07, 6.45) is 5.15. The molecule has 0 unspecified atom stereocenters. The van der Waals surface area contributed by atoms with E-state index in [1.54, 1.807) is 6.07 Å². The summed E-state index contributed by atoms with van der Waals surface area (Å²) in [4.78, 5) is 11.0. The van der Waals surface area contributed by atoms with E-state index in [9.17, 15) is 4.79 Å². The van der Waals surface area contributed by atoms with Gasteiger partial charge in [0.2, 0.25) is 0 Å². The summed E-state index contributed by atoms with van der Waals surface area (Å²) in [6.45, 7) is 6.19. The van der Waals surface area contributed by atoms with Crippen molar-refractivity contribution in [3.8, 4) is 5.75 Å². The molecule has 0 aliphatic rings. The summed E-state index contributed by atoms with van der Waals surface area (Å²) in [7, 11) is 0. The van der Waals surface area contributed by atoms with Crippen LogP contribution in [0.1, 0.15) is 55.5 Å². The first-order valence-corrected chi connectivity index (χ1v) is 6.92. The molecule has 3 heteroatoms. The highest BCUT2D eigenvalue weighted by Gasteiger charge is 2.13. The number of aldehydes is 1. The molecule has 0 atom stereocenters. The first-order valence-electron chi connectivity index (χ1n) is 6.54. The normalized spacial score (nSPS) is 10.7. The van der Waals surface area contributed by atoms with Gasteiger partial charge in [-0.1, -0.05) is 38.3 Å². The first-order chi connectivity index (χ1) is 8.62. The Morgan fingerprint density at radius 3 is 2.39 bits per heavy atom. The lowest BCUT2D eigenvalue weighted by atomic mass is 10.1. The van der Waals surface area contributed by atoms with Crippen molar-refractivity contribution in [3.63, 3.8) is 0 Å². The van der Waals surface area contributed by atoms with Gasteiger partial charge in [0.25, 0.3) is 0 Å². The molecule has 0 bridgehead atoms. The van der Waals surface area contributed by atoms with E-state index in [0.29, 0.717) is 16.3 Å². The number of carbonyl (C=O) groups is 1. The van der Waals surface area contributed by atoms with Crippen molar-refractivity contribution >= 4 is 17.9 Å². The number of benzene rings is 1.